The number of nitrogens with two attached hydrogens (primary N) is 1. The van der Waals surface area contributed by atoms with Crippen LogP contribution in [0.3, 0.4) is 0 Å². The Bertz CT molecular complexity index is 534. The van der Waals surface area contributed by atoms with Crippen molar-refractivity contribution in [3.8, 4) is 0 Å². The summed E-state index contributed by atoms with van der Waals surface area (Å²) in [6, 6.07) is -0.121. The normalized spacial score (nSPS) is 12.4. The van der Waals surface area contributed by atoms with Crippen molar-refractivity contribution in [2.75, 3.05) is 5.73 Å². The van der Waals surface area contributed by atoms with E-state index in [-0.39, 0.29) is 11.9 Å². The van der Waals surface area contributed by atoms with Gasteiger partial charge in [0.05, 0.1) is 6.04 Å². The van der Waals surface area contributed by atoms with E-state index in [1.54, 1.807) is 5.38 Å². The second-order valence-electron chi connectivity index (χ2n) is 3.59. The number of nitrogen functional groups attached to an aromatic ring is 1. The van der Waals surface area contributed by atoms with E-state index < -0.39 is 0 Å². The van der Waals surface area contributed by atoms with E-state index in [0.29, 0.717) is 10.8 Å². The van der Waals surface area contributed by atoms with Crippen LogP contribution in [0.4, 0.5) is 5.13 Å². The average molecular weight is 268 g/mol. The van der Waals surface area contributed by atoms with Gasteiger partial charge < -0.3 is 11.1 Å². The number of carbonyl (C=O) groups is 1. The molecule has 2 aromatic rings. The highest BCUT2D eigenvalue weighted by Crippen LogP contribution is 2.18. The van der Waals surface area contributed by atoms with Gasteiger partial charge in [-0.25, -0.2) is 9.97 Å². The number of hydrogen-bond donors (Lipinski definition) is 2. The Morgan fingerprint density at radius 2 is 2.18 bits per heavy atom. The lowest BCUT2D eigenvalue weighted by molar-refractivity contribution is 0.0935. The fourth-order valence-electron chi connectivity index (χ4n) is 1.30. The minimum Gasteiger partial charge on any atom is -0.375 e. The summed E-state index contributed by atoms with van der Waals surface area (Å²) >= 11 is 2.78. The number of nitrogens with one attached hydrogen (secondary N) is 1. The van der Waals surface area contributed by atoms with Gasteiger partial charge in [-0.15, -0.1) is 22.7 Å². The first-order valence-corrected chi connectivity index (χ1v) is 6.76. The summed E-state index contributed by atoms with van der Waals surface area (Å²) in [5.74, 6) is -0.224. The Kier molecular flexibility index (Phi) is 3.39. The summed E-state index contributed by atoms with van der Waals surface area (Å²) in [6.45, 7) is 3.82. The third-order valence-corrected chi connectivity index (χ3v) is 3.93. The van der Waals surface area contributed by atoms with Crippen LogP contribution in [0.1, 0.15) is 34.2 Å². The summed E-state index contributed by atoms with van der Waals surface area (Å²) in [6.07, 6.45) is 0. The average Bonchev–Trinajstić information content (AvgIpc) is 2.87. The number of aryl methyl sites for hydroxylation is 1. The summed E-state index contributed by atoms with van der Waals surface area (Å²) in [5, 5.41) is 7.72. The van der Waals surface area contributed by atoms with Crippen molar-refractivity contribution in [2.45, 2.75) is 19.9 Å². The molecule has 7 heteroatoms. The van der Waals surface area contributed by atoms with Gasteiger partial charge in [0.25, 0.3) is 5.91 Å². The molecule has 0 bridgehead atoms. The third kappa shape index (κ3) is 2.80. The topological polar surface area (TPSA) is 80.9 Å². The van der Waals surface area contributed by atoms with Gasteiger partial charge in [-0.2, -0.15) is 0 Å². The standard InChI is InChI=1S/C10H12N4OS2/c1-5-3-16-9(12-5)6(2)13-8(15)7-4-17-10(11)14-7/h3-4,6H,1-2H3,(H2,11,14)(H,13,15)/t6-/m0/s1. The van der Waals surface area contributed by atoms with Crippen LogP contribution < -0.4 is 11.1 Å². The molecule has 0 radical (unpaired) electrons. The number of thiazole rings is 2. The van der Waals surface area contributed by atoms with E-state index in [1.165, 1.54) is 22.7 Å². The molecule has 0 aromatic carbocycles. The van der Waals surface area contributed by atoms with Crippen LogP contribution in [0.2, 0.25) is 0 Å². The predicted molar refractivity (Wildman–Crippen MR) is 69.3 cm³/mol. The summed E-state index contributed by atoms with van der Waals surface area (Å²) in [5.41, 5.74) is 6.80. The zero-order valence-electron chi connectivity index (χ0n) is 9.43. The van der Waals surface area contributed by atoms with Gasteiger partial charge >= 0.3 is 0 Å². The molecule has 90 valence electrons. The molecular weight excluding hydrogens is 256 g/mol. The number of carbonyl (C=O) groups excluding carboxylic acids is 1. The van der Waals surface area contributed by atoms with Crippen molar-refractivity contribution in [1.29, 1.82) is 0 Å². The van der Waals surface area contributed by atoms with Crippen molar-refractivity contribution >= 4 is 33.7 Å². The van der Waals surface area contributed by atoms with Crippen molar-refractivity contribution in [1.82, 2.24) is 15.3 Å². The van der Waals surface area contributed by atoms with Crippen LogP contribution in [0.5, 0.6) is 0 Å². The third-order valence-electron chi connectivity index (χ3n) is 2.11. The Labute approximate surface area is 107 Å². The number of hydrogen-bond acceptors (Lipinski definition) is 6. The molecule has 0 aliphatic carbocycles. The van der Waals surface area contributed by atoms with Crippen molar-refractivity contribution in [3.63, 3.8) is 0 Å². The van der Waals surface area contributed by atoms with Crippen LogP contribution >= 0.6 is 22.7 Å². The van der Waals surface area contributed by atoms with Gasteiger partial charge in [-0.1, -0.05) is 0 Å². The Morgan fingerprint density at radius 3 is 2.71 bits per heavy atom. The molecule has 0 spiro atoms. The highest BCUT2D eigenvalue weighted by atomic mass is 32.1. The van der Waals surface area contributed by atoms with Gasteiger partial charge in [0.2, 0.25) is 0 Å². The number of amides is 1. The lowest BCUT2D eigenvalue weighted by Gasteiger charge is -2.09. The zero-order chi connectivity index (χ0) is 12.4. The highest BCUT2D eigenvalue weighted by molar-refractivity contribution is 7.13. The van der Waals surface area contributed by atoms with Crippen molar-refractivity contribution in [2.24, 2.45) is 0 Å². The summed E-state index contributed by atoms with van der Waals surface area (Å²) in [4.78, 5) is 20.1. The largest absolute Gasteiger partial charge is 0.375 e. The lowest BCUT2D eigenvalue weighted by atomic mass is 10.3. The molecule has 0 aliphatic rings. The Balaban J connectivity index is 2.04. The molecule has 0 saturated heterocycles. The monoisotopic (exact) mass is 268 g/mol. The van der Waals surface area contributed by atoms with Crippen LogP contribution in [-0.2, 0) is 0 Å². The lowest BCUT2D eigenvalue weighted by Crippen LogP contribution is -2.26. The minimum absolute atomic E-state index is 0.121. The first-order chi connectivity index (χ1) is 8.06. The molecule has 17 heavy (non-hydrogen) atoms. The molecular formula is C10H12N4OS2. The molecule has 3 N–H and O–H groups in total. The number of aromatic nitrogens is 2. The predicted octanol–water partition coefficient (Wildman–Crippen LogP) is 1.98. The first-order valence-electron chi connectivity index (χ1n) is 5.00. The quantitative estimate of drug-likeness (QED) is 0.892. The minimum atomic E-state index is -0.224. The maximum Gasteiger partial charge on any atom is 0.271 e. The van der Waals surface area contributed by atoms with Gasteiger partial charge in [0.15, 0.2) is 5.13 Å². The van der Waals surface area contributed by atoms with Crippen LogP contribution in [0.15, 0.2) is 10.8 Å². The van der Waals surface area contributed by atoms with E-state index >= 15 is 0 Å². The van der Waals surface area contributed by atoms with Crippen molar-refractivity contribution in [3.05, 3.63) is 27.2 Å². The smallest absolute Gasteiger partial charge is 0.271 e. The maximum atomic E-state index is 11.8. The highest BCUT2D eigenvalue weighted by Gasteiger charge is 2.15. The van der Waals surface area contributed by atoms with Crippen LogP contribution in [-0.4, -0.2) is 15.9 Å². The second-order valence-corrected chi connectivity index (χ2v) is 5.37. The van der Waals surface area contributed by atoms with Crippen molar-refractivity contribution < 1.29 is 4.79 Å². The molecule has 1 amide bonds. The number of anilines is 1. The molecule has 5 nitrogen and oxygen atoms in total. The SMILES string of the molecule is Cc1csc([C@H](C)NC(=O)c2csc(N)n2)n1. The van der Waals surface area contributed by atoms with Crippen LogP contribution in [0.25, 0.3) is 0 Å². The molecule has 0 unspecified atom stereocenters. The van der Waals surface area contributed by atoms with Gasteiger partial charge in [-0.05, 0) is 13.8 Å². The molecule has 0 aliphatic heterocycles. The molecule has 0 fully saturated rings. The second kappa shape index (κ2) is 4.80. The van der Waals surface area contributed by atoms with E-state index in [0.717, 1.165) is 10.7 Å². The zero-order valence-corrected chi connectivity index (χ0v) is 11.1. The maximum absolute atomic E-state index is 11.8. The number of rotatable bonds is 3. The first kappa shape index (κ1) is 12.0. The van der Waals surface area contributed by atoms with Crippen LogP contribution in [0, 0.1) is 6.92 Å². The number of nitrogens with zero attached hydrogens (tertiary/aromatic N) is 2. The van der Waals surface area contributed by atoms with Gasteiger partial charge in [0.1, 0.15) is 10.7 Å². The molecule has 2 rings (SSSR count). The van der Waals surface area contributed by atoms with E-state index in [1.807, 2.05) is 19.2 Å². The molecule has 1 atom stereocenters. The van der Waals surface area contributed by atoms with Gasteiger partial charge in [0, 0.05) is 16.5 Å². The molecule has 2 heterocycles. The van der Waals surface area contributed by atoms with E-state index in [9.17, 15) is 4.79 Å². The van der Waals surface area contributed by atoms with E-state index in [2.05, 4.69) is 15.3 Å². The molecule has 0 saturated carbocycles. The van der Waals surface area contributed by atoms with Gasteiger partial charge in [-0.3, -0.25) is 4.79 Å². The van der Waals surface area contributed by atoms with E-state index in [4.69, 9.17) is 5.73 Å². The Hall–Kier alpha value is -1.47. The summed E-state index contributed by atoms with van der Waals surface area (Å²) in [7, 11) is 0. The fourth-order valence-corrected chi connectivity index (χ4v) is 2.64. The summed E-state index contributed by atoms with van der Waals surface area (Å²) < 4.78 is 0. The molecule has 2 aromatic heterocycles. The fraction of sp³-hybridized carbons (Fsp3) is 0.300. The Morgan fingerprint density at radius 1 is 1.41 bits per heavy atom.